The van der Waals surface area contributed by atoms with E-state index in [4.69, 9.17) is 4.74 Å². The molecule has 9 heteroatoms. The molecular weight excluding hydrogens is 428 g/mol. The Morgan fingerprint density at radius 2 is 1.56 bits per heavy atom. The summed E-state index contributed by atoms with van der Waals surface area (Å²) in [6.45, 7) is 0. The van der Waals surface area contributed by atoms with Gasteiger partial charge in [-0.05, 0) is 30.3 Å². The van der Waals surface area contributed by atoms with Gasteiger partial charge in [-0.15, -0.1) is 0 Å². The normalized spacial score (nSPS) is 13.7. The zero-order valence-electron chi connectivity index (χ0n) is 16.5. The van der Waals surface area contributed by atoms with Crippen molar-refractivity contribution in [2.45, 2.75) is 0 Å². The Balaban J connectivity index is 1.88. The zero-order chi connectivity index (χ0) is 23.0. The number of rotatable bonds is 5. The van der Waals surface area contributed by atoms with Crippen molar-refractivity contribution in [3.63, 3.8) is 0 Å². The van der Waals surface area contributed by atoms with Crippen LogP contribution in [0.1, 0.15) is 5.56 Å². The van der Waals surface area contributed by atoms with E-state index >= 15 is 0 Å². The summed E-state index contributed by atoms with van der Waals surface area (Å²) in [5.74, 6) is -5.91. The zero-order valence-corrected chi connectivity index (χ0v) is 16.5. The molecule has 0 saturated heterocycles. The van der Waals surface area contributed by atoms with Crippen molar-refractivity contribution in [2.75, 3.05) is 17.3 Å². The lowest BCUT2D eigenvalue weighted by Gasteiger charge is -2.16. The van der Waals surface area contributed by atoms with Gasteiger partial charge in [0.2, 0.25) is 0 Å². The highest BCUT2D eigenvalue weighted by Crippen LogP contribution is 2.38. The average molecular weight is 442 g/mol. The van der Waals surface area contributed by atoms with Crippen LogP contribution in [0.4, 0.5) is 28.9 Å². The number of carbonyl (C=O) groups excluding carboxylic acids is 2. The molecule has 0 aromatic heterocycles. The number of para-hydroxylation sites is 1. The predicted molar refractivity (Wildman–Crippen MR) is 109 cm³/mol. The number of halogens is 4. The Bertz CT molecular complexity index is 1290. The van der Waals surface area contributed by atoms with Gasteiger partial charge in [-0.25, -0.2) is 22.5 Å². The first kappa shape index (κ1) is 21.1. The van der Waals surface area contributed by atoms with E-state index in [9.17, 15) is 27.2 Å². The van der Waals surface area contributed by atoms with Crippen LogP contribution in [0.5, 0.6) is 5.75 Å². The third-order valence-corrected chi connectivity index (χ3v) is 4.80. The number of hydrogen-bond acceptors (Lipinski definition) is 4. The monoisotopic (exact) mass is 442 g/mol. The number of imide groups is 1. The molecule has 4 rings (SSSR count). The summed E-state index contributed by atoms with van der Waals surface area (Å²) in [5.41, 5.74) is -0.761. The van der Waals surface area contributed by atoms with E-state index in [0.29, 0.717) is 11.0 Å². The first-order valence-corrected chi connectivity index (χ1v) is 9.25. The average Bonchev–Trinajstić information content (AvgIpc) is 3.00. The first-order chi connectivity index (χ1) is 15.3. The Morgan fingerprint density at radius 3 is 2.25 bits per heavy atom. The lowest BCUT2D eigenvalue weighted by molar-refractivity contribution is -0.120. The molecule has 1 aliphatic rings. The van der Waals surface area contributed by atoms with Crippen molar-refractivity contribution >= 4 is 28.8 Å². The van der Waals surface area contributed by atoms with E-state index in [1.54, 1.807) is 18.2 Å². The summed E-state index contributed by atoms with van der Waals surface area (Å²) in [6, 6.07) is 11.5. The molecule has 0 radical (unpaired) electrons. The molecule has 0 bridgehead atoms. The third-order valence-electron chi connectivity index (χ3n) is 4.80. The number of ether oxygens (including phenoxy) is 1. The number of anilines is 2. The van der Waals surface area contributed by atoms with Crippen LogP contribution in [0.2, 0.25) is 0 Å². The smallest absolute Gasteiger partial charge is 0.282 e. The molecule has 5 nitrogen and oxygen atoms in total. The van der Waals surface area contributed by atoms with Crippen molar-refractivity contribution in [2.24, 2.45) is 0 Å². The first-order valence-electron chi connectivity index (χ1n) is 9.25. The molecule has 32 heavy (non-hydrogen) atoms. The molecule has 2 amide bonds. The molecule has 3 aromatic rings. The van der Waals surface area contributed by atoms with Gasteiger partial charge in [0.1, 0.15) is 23.1 Å². The van der Waals surface area contributed by atoms with Gasteiger partial charge >= 0.3 is 0 Å². The molecular formula is C23H14F4N2O3. The quantitative estimate of drug-likeness (QED) is 0.462. The summed E-state index contributed by atoms with van der Waals surface area (Å²) >= 11 is 0. The number of hydrogen-bond donors (Lipinski definition) is 1. The molecule has 0 saturated carbocycles. The van der Waals surface area contributed by atoms with Gasteiger partial charge in [0, 0.05) is 23.4 Å². The molecule has 1 aliphatic heterocycles. The van der Waals surface area contributed by atoms with Crippen LogP contribution in [0.3, 0.4) is 0 Å². The van der Waals surface area contributed by atoms with Crippen molar-refractivity contribution in [1.29, 1.82) is 0 Å². The van der Waals surface area contributed by atoms with Crippen LogP contribution in [0, 0.1) is 23.3 Å². The van der Waals surface area contributed by atoms with Crippen molar-refractivity contribution in [1.82, 2.24) is 0 Å². The maximum Gasteiger partial charge on any atom is 0.282 e. The lowest BCUT2D eigenvalue weighted by Crippen LogP contribution is -2.33. The van der Waals surface area contributed by atoms with Gasteiger partial charge in [-0.2, -0.15) is 0 Å². The number of nitrogens with one attached hydrogen (secondary N) is 1. The Morgan fingerprint density at radius 1 is 0.812 bits per heavy atom. The largest absolute Gasteiger partial charge is 0.496 e. The molecule has 0 aliphatic carbocycles. The molecule has 1 N–H and O–H groups in total. The van der Waals surface area contributed by atoms with Crippen LogP contribution in [-0.2, 0) is 9.59 Å². The fourth-order valence-corrected chi connectivity index (χ4v) is 3.35. The van der Waals surface area contributed by atoms with E-state index in [1.807, 2.05) is 0 Å². The molecule has 162 valence electrons. The van der Waals surface area contributed by atoms with Crippen LogP contribution in [0.25, 0.3) is 5.57 Å². The Hall–Kier alpha value is -4.14. The minimum Gasteiger partial charge on any atom is -0.496 e. The van der Waals surface area contributed by atoms with Crippen LogP contribution >= 0.6 is 0 Å². The fourth-order valence-electron chi connectivity index (χ4n) is 3.35. The highest BCUT2D eigenvalue weighted by atomic mass is 19.2. The highest BCUT2D eigenvalue weighted by Gasteiger charge is 2.42. The Labute approximate surface area is 179 Å². The SMILES string of the molecule is COc1ccccc1C1=C(Nc2ccc(F)c(F)c2)C(=O)N(c2ccc(F)cc2F)C1=O. The number of carbonyl (C=O) groups is 2. The maximum absolute atomic E-state index is 14.4. The van der Waals surface area contributed by atoms with Crippen LogP contribution in [-0.4, -0.2) is 18.9 Å². The van der Waals surface area contributed by atoms with Gasteiger partial charge in [0.25, 0.3) is 11.8 Å². The van der Waals surface area contributed by atoms with Gasteiger partial charge in [-0.1, -0.05) is 18.2 Å². The summed E-state index contributed by atoms with van der Waals surface area (Å²) in [5, 5.41) is 2.63. The molecule has 0 atom stereocenters. The maximum atomic E-state index is 14.4. The van der Waals surface area contributed by atoms with E-state index in [-0.39, 0.29) is 28.3 Å². The summed E-state index contributed by atoms with van der Waals surface area (Å²) < 4.78 is 60.1. The molecule has 0 unspecified atom stereocenters. The summed E-state index contributed by atoms with van der Waals surface area (Å²) in [6.07, 6.45) is 0. The van der Waals surface area contributed by atoms with Crippen LogP contribution in [0.15, 0.2) is 66.4 Å². The highest BCUT2D eigenvalue weighted by molar-refractivity contribution is 6.46. The molecule has 0 spiro atoms. The van der Waals surface area contributed by atoms with Crippen molar-refractivity contribution in [3.05, 3.63) is 95.2 Å². The van der Waals surface area contributed by atoms with E-state index in [0.717, 1.165) is 24.3 Å². The minimum absolute atomic E-state index is 0.0196. The second-order valence-electron chi connectivity index (χ2n) is 6.75. The molecule has 3 aromatic carbocycles. The van der Waals surface area contributed by atoms with Crippen LogP contribution < -0.4 is 15.0 Å². The van der Waals surface area contributed by atoms with E-state index in [2.05, 4.69) is 5.32 Å². The van der Waals surface area contributed by atoms with Gasteiger partial charge in [0.05, 0.1) is 18.4 Å². The van der Waals surface area contributed by atoms with E-state index < -0.39 is 40.8 Å². The molecule has 1 heterocycles. The number of benzene rings is 3. The summed E-state index contributed by atoms with van der Waals surface area (Å²) in [4.78, 5) is 27.1. The van der Waals surface area contributed by atoms with Crippen molar-refractivity contribution in [3.8, 4) is 5.75 Å². The topological polar surface area (TPSA) is 58.6 Å². The minimum atomic E-state index is -1.17. The second kappa shape index (κ2) is 8.18. The lowest BCUT2D eigenvalue weighted by atomic mass is 10.0. The van der Waals surface area contributed by atoms with Crippen molar-refractivity contribution < 1.29 is 31.9 Å². The molecule has 0 fully saturated rings. The second-order valence-corrected chi connectivity index (χ2v) is 6.75. The number of nitrogens with zero attached hydrogens (tertiary/aromatic N) is 1. The van der Waals surface area contributed by atoms with E-state index in [1.165, 1.54) is 19.2 Å². The predicted octanol–water partition coefficient (Wildman–Crippen LogP) is 4.65. The number of amides is 2. The standard InChI is InChI=1S/C23H14F4N2O3/c1-32-19-5-3-2-4-14(19)20-21(28-13-7-8-15(25)16(26)11-13)23(31)29(22(20)30)18-9-6-12(24)10-17(18)27/h2-11,28H,1H3. The van der Waals surface area contributed by atoms with Gasteiger partial charge in [0.15, 0.2) is 11.6 Å². The number of methoxy groups -OCH3 is 1. The Kier molecular flexibility index (Phi) is 5.40. The van der Waals surface area contributed by atoms with Gasteiger partial charge < -0.3 is 10.1 Å². The third kappa shape index (κ3) is 3.58. The fraction of sp³-hybridized carbons (Fsp3) is 0.0435. The summed E-state index contributed by atoms with van der Waals surface area (Å²) in [7, 11) is 1.36. The van der Waals surface area contributed by atoms with Gasteiger partial charge in [-0.3, -0.25) is 9.59 Å².